The maximum absolute atomic E-state index is 15.3. The van der Waals surface area contributed by atoms with Crippen molar-refractivity contribution in [3.8, 4) is 17.3 Å². The number of aromatic nitrogens is 3. The van der Waals surface area contributed by atoms with Gasteiger partial charge in [0.1, 0.15) is 22.5 Å². The lowest BCUT2D eigenvalue weighted by Gasteiger charge is -2.35. The third kappa shape index (κ3) is 5.35. The summed E-state index contributed by atoms with van der Waals surface area (Å²) in [6.07, 6.45) is 1.99. The Balaban J connectivity index is 1.46. The minimum Gasteiger partial charge on any atom is -0.465 e. The Morgan fingerprint density at radius 3 is 2.55 bits per heavy atom. The van der Waals surface area contributed by atoms with E-state index >= 15 is 4.39 Å². The first-order chi connectivity index (χ1) is 19.3. The first-order valence-corrected chi connectivity index (χ1v) is 13.9. The van der Waals surface area contributed by atoms with Gasteiger partial charge in [-0.05, 0) is 43.7 Å². The molecular weight excluding hydrogens is 536 g/mol. The van der Waals surface area contributed by atoms with Crippen LogP contribution in [0.25, 0.3) is 16.8 Å². The highest BCUT2D eigenvalue weighted by Gasteiger charge is 2.26. The van der Waals surface area contributed by atoms with Crippen LogP contribution in [-0.2, 0) is 16.0 Å². The number of aryl methyl sites for hydroxylation is 1. The van der Waals surface area contributed by atoms with Gasteiger partial charge >= 0.3 is 5.97 Å². The molecule has 4 heterocycles. The molecule has 0 radical (unpaired) electrons. The SMILES string of the molecule is CCOC(=O)CN1CCN(c2cc3c(N(C)c4nc(-c5ccc(F)cc5)c(C#N)s4)c(CC)nn3cc2F)CC1. The molecule has 0 bridgehead atoms. The average molecular weight is 566 g/mol. The van der Waals surface area contributed by atoms with Crippen LogP contribution in [0.4, 0.5) is 25.3 Å². The van der Waals surface area contributed by atoms with Gasteiger partial charge in [-0.2, -0.15) is 10.4 Å². The number of nitriles is 1. The molecule has 0 atom stereocenters. The molecule has 0 spiro atoms. The van der Waals surface area contributed by atoms with Crippen molar-refractivity contribution >= 4 is 39.3 Å². The van der Waals surface area contributed by atoms with E-state index < -0.39 is 0 Å². The highest BCUT2D eigenvalue weighted by molar-refractivity contribution is 7.16. The number of piperazine rings is 1. The molecule has 3 aromatic heterocycles. The molecule has 1 aromatic carbocycles. The Bertz CT molecular complexity index is 1570. The van der Waals surface area contributed by atoms with Gasteiger partial charge in [-0.25, -0.2) is 18.3 Å². The highest BCUT2D eigenvalue weighted by atomic mass is 32.1. The number of thiazole rings is 1. The number of halogens is 2. The van der Waals surface area contributed by atoms with E-state index in [1.807, 2.05) is 28.7 Å². The number of ether oxygens (including phenoxy) is 1. The van der Waals surface area contributed by atoms with Gasteiger partial charge in [0, 0.05) is 38.8 Å². The Morgan fingerprint density at radius 2 is 1.90 bits per heavy atom. The summed E-state index contributed by atoms with van der Waals surface area (Å²) >= 11 is 1.23. The van der Waals surface area contributed by atoms with E-state index in [2.05, 4.69) is 11.2 Å². The van der Waals surface area contributed by atoms with Gasteiger partial charge in [-0.15, -0.1) is 0 Å². The number of hydrogen-bond acceptors (Lipinski definition) is 9. The van der Waals surface area contributed by atoms with Gasteiger partial charge in [0.25, 0.3) is 0 Å². The molecule has 5 rings (SSSR count). The molecule has 0 unspecified atom stereocenters. The molecule has 12 heteroatoms. The number of nitrogens with zero attached hydrogens (tertiary/aromatic N) is 7. The predicted octanol–water partition coefficient (Wildman–Crippen LogP) is 4.62. The second-order valence-electron chi connectivity index (χ2n) is 9.41. The maximum Gasteiger partial charge on any atom is 0.320 e. The van der Waals surface area contributed by atoms with Crippen LogP contribution in [0.2, 0.25) is 0 Å². The molecule has 1 aliphatic heterocycles. The van der Waals surface area contributed by atoms with Gasteiger partial charge in [0.15, 0.2) is 10.9 Å². The second kappa shape index (κ2) is 11.6. The molecule has 4 aromatic rings. The number of rotatable bonds is 8. The van der Waals surface area contributed by atoms with Gasteiger partial charge in [0.2, 0.25) is 0 Å². The quantitative estimate of drug-likeness (QED) is 0.286. The molecule has 208 valence electrons. The summed E-state index contributed by atoms with van der Waals surface area (Å²) in [5, 5.41) is 15.0. The normalized spacial score (nSPS) is 13.9. The van der Waals surface area contributed by atoms with Crippen LogP contribution < -0.4 is 9.80 Å². The Morgan fingerprint density at radius 1 is 1.18 bits per heavy atom. The predicted molar refractivity (Wildman–Crippen MR) is 150 cm³/mol. The van der Waals surface area contributed by atoms with E-state index in [-0.39, 0.29) is 24.1 Å². The summed E-state index contributed by atoms with van der Waals surface area (Å²) in [7, 11) is 1.85. The molecule has 0 amide bonds. The number of carbonyl (C=O) groups is 1. The number of esters is 1. The third-order valence-electron chi connectivity index (χ3n) is 6.91. The molecule has 1 saturated heterocycles. The first-order valence-electron chi connectivity index (χ1n) is 13.1. The first kappa shape index (κ1) is 27.5. The number of pyridine rings is 1. The van der Waals surface area contributed by atoms with E-state index in [9.17, 15) is 14.4 Å². The Kier molecular flexibility index (Phi) is 7.95. The summed E-state index contributed by atoms with van der Waals surface area (Å²) in [4.78, 5) is 22.9. The second-order valence-corrected chi connectivity index (χ2v) is 10.4. The van der Waals surface area contributed by atoms with Crippen molar-refractivity contribution in [2.75, 3.05) is 56.2 Å². The highest BCUT2D eigenvalue weighted by Crippen LogP contribution is 2.39. The molecule has 9 nitrogen and oxygen atoms in total. The topological polar surface area (TPSA) is 90.0 Å². The van der Waals surface area contributed by atoms with Crippen LogP contribution in [0.5, 0.6) is 0 Å². The number of carbonyl (C=O) groups excluding carboxylic acids is 1. The van der Waals surface area contributed by atoms with E-state index in [1.165, 1.54) is 29.7 Å². The summed E-state index contributed by atoms with van der Waals surface area (Å²) in [5.74, 6) is -1.01. The van der Waals surface area contributed by atoms with Crippen molar-refractivity contribution in [3.05, 3.63) is 58.7 Å². The lowest BCUT2D eigenvalue weighted by molar-refractivity contribution is -0.144. The number of benzene rings is 1. The van der Waals surface area contributed by atoms with Crippen molar-refractivity contribution in [2.45, 2.75) is 20.3 Å². The largest absolute Gasteiger partial charge is 0.465 e. The molecule has 40 heavy (non-hydrogen) atoms. The van der Waals surface area contributed by atoms with Crippen molar-refractivity contribution < 1.29 is 18.3 Å². The maximum atomic E-state index is 15.3. The van der Waals surface area contributed by atoms with Crippen molar-refractivity contribution in [2.24, 2.45) is 0 Å². The van der Waals surface area contributed by atoms with E-state index in [1.54, 1.807) is 29.6 Å². The minimum absolute atomic E-state index is 0.221. The van der Waals surface area contributed by atoms with Crippen LogP contribution in [0.15, 0.2) is 36.5 Å². The molecule has 0 saturated carbocycles. The summed E-state index contributed by atoms with van der Waals surface area (Å²) in [6, 6.07) is 9.88. The van der Waals surface area contributed by atoms with Crippen molar-refractivity contribution in [1.82, 2.24) is 19.5 Å². The van der Waals surface area contributed by atoms with Crippen LogP contribution in [0.1, 0.15) is 24.4 Å². The Labute approximate surface area is 234 Å². The zero-order valence-electron chi connectivity index (χ0n) is 22.5. The van der Waals surface area contributed by atoms with Crippen LogP contribution in [0.3, 0.4) is 0 Å². The molecule has 0 aliphatic carbocycles. The van der Waals surface area contributed by atoms with Crippen LogP contribution in [-0.4, -0.2) is 71.8 Å². The van der Waals surface area contributed by atoms with E-state index in [4.69, 9.17) is 9.72 Å². The zero-order valence-corrected chi connectivity index (χ0v) is 23.3. The van der Waals surface area contributed by atoms with Crippen LogP contribution >= 0.6 is 11.3 Å². The monoisotopic (exact) mass is 565 g/mol. The molecule has 1 aliphatic rings. The molecular formula is C28H29F2N7O2S. The van der Waals surface area contributed by atoms with E-state index in [0.717, 1.165) is 11.4 Å². The lowest BCUT2D eigenvalue weighted by atomic mass is 10.1. The fourth-order valence-electron chi connectivity index (χ4n) is 4.90. The van der Waals surface area contributed by atoms with Gasteiger partial charge in [0.05, 0.1) is 41.9 Å². The van der Waals surface area contributed by atoms with E-state index in [0.29, 0.717) is 71.7 Å². The van der Waals surface area contributed by atoms with Gasteiger partial charge in [-0.3, -0.25) is 9.69 Å². The smallest absolute Gasteiger partial charge is 0.320 e. The molecule has 0 N–H and O–H groups in total. The number of fused-ring (bicyclic) bond motifs is 1. The average Bonchev–Trinajstić information content (AvgIpc) is 3.54. The minimum atomic E-state index is -0.384. The number of anilines is 3. The third-order valence-corrected chi connectivity index (χ3v) is 7.94. The van der Waals surface area contributed by atoms with Gasteiger partial charge < -0.3 is 14.5 Å². The number of hydrogen-bond donors (Lipinski definition) is 0. The molecule has 1 fully saturated rings. The van der Waals surface area contributed by atoms with Crippen LogP contribution in [0, 0.1) is 23.0 Å². The van der Waals surface area contributed by atoms with Gasteiger partial charge in [-0.1, -0.05) is 18.3 Å². The summed E-state index contributed by atoms with van der Waals surface area (Å²) < 4.78 is 35.4. The summed E-state index contributed by atoms with van der Waals surface area (Å²) in [6.45, 7) is 6.66. The van der Waals surface area contributed by atoms with Crippen molar-refractivity contribution in [3.63, 3.8) is 0 Å². The Hall–Kier alpha value is -4.08. The van der Waals surface area contributed by atoms with Crippen molar-refractivity contribution in [1.29, 1.82) is 5.26 Å². The lowest BCUT2D eigenvalue weighted by Crippen LogP contribution is -2.48. The zero-order chi connectivity index (χ0) is 28.4. The fraction of sp³-hybridized carbons (Fsp3) is 0.357. The fourth-order valence-corrected chi connectivity index (χ4v) is 5.76. The summed E-state index contributed by atoms with van der Waals surface area (Å²) in [5.41, 5.74) is 3.84. The standard InChI is InChI=1S/C28H29F2N7O2S/c1-4-21-27(34(3)28-32-26(24(15-31)40-28)18-6-8-19(29)9-7-18)23-14-22(20(30)16-37(23)33-21)36-12-10-35(11-13-36)17-25(38)39-5-2/h6-9,14,16H,4-5,10-13,17H2,1-3H3.